The average molecular weight is 259 g/mol. The van der Waals surface area contributed by atoms with Crippen LogP contribution < -0.4 is 4.90 Å². The van der Waals surface area contributed by atoms with Gasteiger partial charge in [0, 0.05) is 6.04 Å². The molecule has 1 aliphatic rings. The molecule has 2 rings (SSSR count). The molecule has 0 spiro atoms. The highest BCUT2D eigenvalue weighted by Gasteiger charge is 2.35. The number of hydrogen-bond acceptors (Lipinski definition) is 2. The summed E-state index contributed by atoms with van der Waals surface area (Å²) in [5.41, 5.74) is 1.56. The Morgan fingerprint density at radius 1 is 1.44 bits per heavy atom. The van der Waals surface area contributed by atoms with Gasteiger partial charge in [-0.25, -0.2) is 4.79 Å². The molecule has 1 amide bonds. The fourth-order valence-electron chi connectivity index (χ4n) is 2.06. The number of alkyl halides is 3. The van der Waals surface area contributed by atoms with Gasteiger partial charge in [-0.15, -0.1) is 0 Å². The van der Waals surface area contributed by atoms with Crippen molar-refractivity contribution in [3.05, 3.63) is 29.8 Å². The second kappa shape index (κ2) is 4.51. The normalized spacial score (nSPS) is 18.7. The Labute approximate surface area is 102 Å². The molecule has 0 aromatic heterocycles. The van der Waals surface area contributed by atoms with Gasteiger partial charge in [0.15, 0.2) is 6.61 Å². The van der Waals surface area contributed by atoms with Gasteiger partial charge >= 0.3 is 12.3 Å². The molecule has 6 heteroatoms. The van der Waals surface area contributed by atoms with Crippen molar-refractivity contribution in [1.29, 1.82) is 0 Å². The van der Waals surface area contributed by atoms with Crippen molar-refractivity contribution >= 4 is 11.8 Å². The first kappa shape index (κ1) is 12.7. The molecule has 0 radical (unpaired) electrons. The van der Waals surface area contributed by atoms with Crippen molar-refractivity contribution in [2.24, 2.45) is 0 Å². The Bertz CT molecular complexity index is 459. The van der Waals surface area contributed by atoms with Crippen molar-refractivity contribution in [3.63, 3.8) is 0 Å². The Hall–Kier alpha value is -1.72. The van der Waals surface area contributed by atoms with Gasteiger partial charge in [-0.2, -0.15) is 13.2 Å². The molecular formula is C12H12F3NO2. The molecule has 1 aliphatic heterocycles. The molecule has 0 saturated carbocycles. The summed E-state index contributed by atoms with van der Waals surface area (Å²) >= 11 is 0. The maximum absolute atomic E-state index is 12.0. The summed E-state index contributed by atoms with van der Waals surface area (Å²) in [6.07, 6.45) is -4.83. The predicted octanol–water partition coefficient (Wildman–Crippen LogP) is 3.14. The monoisotopic (exact) mass is 259 g/mol. The van der Waals surface area contributed by atoms with E-state index in [4.69, 9.17) is 0 Å². The number of amides is 1. The van der Waals surface area contributed by atoms with Crippen LogP contribution in [-0.4, -0.2) is 24.9 Å². The number of halogens is 3. The Kier molecular flexibility index (Phi) is 3.19. The van der Waals surface area contributed by atoms with E-state index in [2.05, 4.69) is 4.74 Å². The molecule has 1 aromatic rings. The molecule has 98 valence electrons. The van der Waals surface area contributed by atoms with E-state index < -0.39 is 18.9 Å². The standard InChI is InChI=1S/C12H12F3NO2/c1-8-6-9-4-2-3-5-10(9)16(8)11(17)18-7-12(13,14)15/h2-5,8H,6-7H2,1H3/t8-/m1/s1. The third-order valence-electron chi connectivity index (χ3n) is 2.76. The summed E-state index contributed by atoms with van der Waals surface area (Å²) < 4.78 is 40.3. The molecule has 1 aromatic carbocycles. The molecule has 0 fully saturated rings. The molecule has 18 heavy (non-hydrogen) atoms. The number of carbonyl (C=O) groups excluding carboxylic acids is 1. The summed E-state index contributed by atoms with van der Waals surface area (Å²) in [7, 11) is 0. The van der Waals surface area contributed by atoms with Gasteiger partial charge in [0.2, 0.25) is 0 Å². The van der Waals surface area contributed by atoms with E-state index >= 15 is 0 Å². The van der Waals surface area contributed by atoms with Gasteiger partial charge in [-0.05, 0) is 25.0 Å². The maximum atomic E-state index is 12.0. The lowest BCUT2D eigenvalue weighted by atomic mass is 10.1. The largest absolute Gasteiger partial charge is 0.439 e. The van der Waals surface area contributed by atoms with E-state index in [1.165, 1.54) is 4.90 Å². The number of hydrogen-bond donors (Lipinski definition) is 0. The van der Waals surface area contributed by atoms with Crippen molar-refractivity contribution in [3.8, 4) is 0 Å². The minimum atomic E-state index is -4.50. The van der Waals surface area contributed by atoms with Crippen molar-refractivity contribution in [1.82, 2.24) is 0 Å². The van der Waals surface area contributed by atoms with E-state index in [1.54, 1.807) is 19.1 Å². The smallest absolute Gasteiger partial charge is 0.422 e. The lowest BCUT2D eigenvalue weighted by molar-refractivity contribution is -0.159. The highest BCUT2D eigenvalue weighted by Crippen LogP contribution is 2.32. The van der Waals surface area contributed by atoms with Crippen LogP contribution in [0, 0.1) is 0 Å². The predicted molar refractivity (Wildman–Crippen MR) is 59.5 cm³/mol. The van der Waals surface area contributed by atoms with Crippen LogP contribution >= 0.6 is 0 Å². The third-order valence-corrected chi connectivity index (χ3v) is 2.76. The quantitative estimate of drug-likeness (QED) is 0.775. The van der Waals surface area contributed by atoms with Gasteiger partial charge in [0.25, 0.3) is 0 Å². The highest BCUT2D eigenvalue weighted by molar-refractivity contribution is 5.91. The van der Waals surface area contributed by atoms with Gasteiger partial charge in [-0.1, -0.05) is 18.2 Å². The first-order valence-corrected chi connectivity index (χ1v) is 5.49. The van der Waals surface area contributed by atoms with Gasteiger partial charge in [0.05, 0.1) is 5.69 Å². The minimum absolute atomic E-state index is 0.192. The molecule has 0 bridgehead atoms. The number of anilines is 1. The number of carbonyl (C=O) groups is 1. The fourth-order valence-corrected chi connectivity index (χ4v) is 2.06. The summed E-state index contributed by atoms with van der Waals surface area (Å²) in [6.45, 7) is 0.214. The van der Waals surface area contributed by atoms with Crippen LogP contribution in [-0.2, 0) is 11.2 Å². The molecular weight excluding hydrogens is 247 g/mol. The topological polar surface area (TPSA) is 29.5 Å². The van der Waals surface area contributed by atoms with Crippen molar-refractivity contribution in [2.75, 3.05) is 11.5 Å². The average Bonchev–Trinajstić information content (AvgIpc) is 2.61. The molecule has 3 nitrogen and oxygen atoms in total. The summed E-state index contributed by atoms with van der Waals surface area (Å²) in [5.74, 6) is 0. The lowest BCUT2D eigenvalue weighted by Crippen LogP contribution is -2.37. The van der Waals surface area contributed by atoms with Crippen LogP contribution in [0.1, 0.15) is 12.5 Å². The number of nitrogens with zero attached hydrogens (tertiary/aromatic N) is 1. The molecule has 0 aliphatic carbocycles. The molecule has 1 atom stereocenters. The van der Waals surface area contributed by atoms with Gasteiger partial charge in [-0.3, -0.25) is 4.90 Å². The second-order valence-corrected chi connectivity index (χ2v) is 4.22. The Morgan fingerprint density at radius 3 is 2.78 bits per heavy atom. The zero-order chi connectivity index (χ0) is 13.3. The molecule has 0 N–H and O–H groups in total. The van der Waals surface area contributed by atoms with Crippen LogP contribution in [0.4, 0.5) is 23.7 Å². The number of fused-ring (bicyclic) bond motifs is 1. The Balaban J connectivity index is 2.11. The molecule has 0 saturated heterocycles. The summed E-state index contributed by atoms with van der Waals surface area (Å²) in [6, 6.07) is 6.93. The molecule has 0 unspecified atom stereocenters. The summed E-state index contributed by atoms with van der Waals surface area (Å²) in [4.78, 5) is 12.9. The minimum Gasteiger partial charge on any atom is -0.439 e. The van der Waals surface area contributed by atoms with Crippen LogP contribution in [0.5, 0.6) is 0 Å². The maximum Gasteiger partial charge on any atom is 0.422 e. The van der Waals surface area contributed by atoms with Gasteiger partial charge < -0.3 is 4.74 Å². The van der Waals surface area contributed by atoms with Crippen molar-refractivity contribution < 1.29 is 22.7 Å². The fraction of sp³-hybridized carbons (Fsp3) is 0.417. The third kappa shape index (κ3) is 2.57. The molecule has 1 heterocycles. The van der Waals surface area contributed by atoms with Crippen LogP contribution in [0.25, 0.3) is 0 Å². The zero-order valence-corrected chi connectivity index (χ0v) is 9.70. The lowest BCUT2D eigenvalue weighted by Gasteiger charge is -2.22. The van der Waals surface area contributed by atoms with Crippen LogP contribution in [0.2, 0.25) is 0 Å². The van der Waals surface area contributed by atoms with Gasteiger partial charge in [0.1, 0.15) is 0 Å². The Morgan fingerprint density at radius 2 is 2.11 bits per heavy atom. The first-order valence-electron chi connectivity index (χ1n) is 5.49. The van der Waals surface area contributed by atoms with Crippen molar-refractivity contribution in [2.45, 2.75) is 25.6 Å². The SMILES string of the molecule is C[C@@H]1Cc2ccccc2N1C(=O)OCC(F)(F)F. The highest BCUT2D eigenvalue weighted by atomic mass is 19.4. The second-order valence-electron chi connectivity index (χ2n) is 4.22. The van der Waals surface area contributed by atoms with E-state index in [0.717, 1.165) is 5.56 Å². The number of para-hydroxylation sites is 1. The first-order chi connectivity index (χ1) is 8.38. The number of ether oxygens (including phenoxy) is 1. The van der Waals surface area contributed by atoms with E-state index in [-0.39, 0.29) is 6.04 Å². The van der Waals surface area contributed by atoms with E-state index in [0.29, 0.717) is 12.1 Å². The summed E-state index contributed by atoms with van der Waals surface area (Å²) in [5, 5.41) is 0. The number of benzene rings is 1. The van der Waals surface area contributed by atoms with Crippen LogP contribution in [0.3, 0.4) is 0 Å². The van der Waals surface area contributed by atoms with E-state index in [1.807, 2.05) is 12.1 Å². The van der Waals surface area contributed by atoms with Crippen LogP contribution in [0.15, 0.2) is 24.3 Å². The number of rotatable bonds is 1. The zero-order valence-electron chi connectivity index (χ0n) is 9.70. The van der Waals surface area contributed by atoms with E-state index in [9.17, 15) is 18.0 Å².